The third kappa shape index (κ3) is 8.25. The van der Waals surface area contributed by atoms with Crippen molar-refractivity contribution in [2.24, 2.45) is 11.5 Å². The van der Waals surface area contributed by atoms with E-state index in [1.54, 1.807) is 23.6 Å². The maximum atomic E-state index is 11.7. The molecule has 0 saturated carbocycles. The zero-order valence-corrected chi connectivity index (χ0v) is 15.0. The van der Waals surface area contributed by atoms with E-state index in [1.165, 1.54) is 0 Å². The lowest BCUT2D eigenvalue weighted by Gasteiger charge is -2.39. The first kappa shape index (κ1) is 21.3. The topological polar surface area (TPSA) is 137 Å². The van der Waals surface area contributed by atoms with Crippen molar-refractivity contribution in [1.82, 2.24) is 9.80 Å². The van der Waals surface area contributed by atoms with Crippen LogP contribution in [-0.2, 0) is 28.6 Å². The molecule has 144 valence electrons. The fourth-order valence-electron chi connectivity index (χ4n) is 2.60. The summed E-state index contributed by atoms with van der Waals surface area (Å²) in [4.78, 5) is 37.6. The van der Waals surface area contributed by atoms with Crippen molar-refractivity contribution in [3.8, 4) is 0 Å². The zero-order chi connectivity index (χ0) is 19.0. The monoisotopic (exact) mass is 360 g/mol. The van der Waals surface area contributed by atoms with Gasteiger partial charge in [0, 0.05) is 12.6 Å². The molecule has 0 unspecified atom stereocenters. The van der Waals surface area contributed by atoms with Gasteiger partial charge in [0.2, 0.25) is 11.8 Å². The standard InChI is InChI=1S/C15H28N4O6/c1-4-23-14(22)8-18(6-12(16)20)5-10(2)19(7-13(17)21)9-15-24-11(3)25-15/h10-11,15H,4-9H2,1-3H3,(H2,16,20)(H2,17,21)/t10-,11?,15?/m0/s1. The molecule has 1 aliphatic heterocycles. The molecule has 4 N–H and O–H groups in total. The SMILES string of the molecule is CCOC(=O)CN(CC(N)=O)C[C@H](C)N(CC(N)=O)CC1OC(C)O1. The van der Waals surface area contributed by atoms with Gasteiger partial charge < -0.3 is 25.7 Å². The molecule has 10 nitrogen and oxygen atoms in total. The van der Waals surface area contributed by atoms with Crippen LogP contribution in [0.1, 0.15) is 20.8 Å². The molecule has 25 heavy (non-hydrogen) atoms. The summed E-state index contributed by atoms with van der Waals surface area (Å²) < 4.78 is 15.7. The van der Waals surface area contributed by atoms with Gasteiger partial charge in [-0.05, 0) is 20.8 Å². The van der Waals surface area contributed by atoms with Crippen molar-refractivity contribution in [3.63, 3.8) is 0 Å². The van der Waals surface area contributed by atoms with E-state index in [9.17, 15) is 14.4 Å². The number of carbonyl (C=O) groups excluding carboxylic acids is 3. The van der Waals surface area contributed by atoms with Crippen LogP contribution >= 0.6 is 0 Å². The van der Waals surface area contributed by atoms with E-state index in [4.69, 9.17) is 25.7 Å². The minimum atomic E-state index is -0.558. The molecule has 0 aromatic carbocycles. The molecule has 1 heterocycles. The summed E-state index contributed by atoms with van der Waals surface area (Å²) in [5.41, 5.74) is 10.5. The number of carbonyl (C=O) groups is 3. The number of esters is 1. The average molecular weight is 360 g/mol. The first-order chi connectivity index (χ1) is 11.7. The molecule has 1 aliphatic rings. The molecule has 1 saturated heterocycles. The van der Waals surface area contributed by atoms with Crippen LogP contribution in [0.5, 0.6) is 0 Å². The first-order valence-electron chi connectivity index (χ1n) is 8.20. The van der Waals surface area contributed by atoms with Crippen LogP contribution in [0.3, 0.4) is 0 Å². The van der Waals surface area contributed by atoms with E-state index in [1.807, 2.05) is 6.92 Å². The molecule has 0 aromatic rings. The summed E-state index contributed by atoms with van der Waals surface area (Å²) in [7, 11) is 0. The molecular weight excluding hydrogens is 332 g/mol. The fourth-order valence-corrected chi connectivity index (χ4v) is 2.60. The quantitative estimate of drug-likeness (QED) is 0.390. The largest absolute Gasteiger partial charge is 0.465 e. The van der Waals surface area contributed by atoms with Gasteiger partial charge in [-0.2, -0.15) is 0 Å². The van der Waals surface area contributed by atoms with Crippen LogP contribution in [-0.4, -0.2) is 85.5 Å². The molecular formula is C15H28N4O6. The molecule has 0 spiro atoms. The molecule has 0 radical (unpaired) electrons. The Labute approximate surface area is 147 Å². The number of rotatable bonds is 12. The van der Waals surface area contributed by atoms with Gasteiger partial charge in [0.15, 0.2) is 12.6 Å². The van der Waals surface area contributed by atoms with Gasteiger partial charge >= 0.3 is 5.97 Å². The van der Waals surface area contributed by atoms with E-state index >= 15 is 0 Å². The molecule has 2 amide bonds. The van der Waals surface area contributed by atoms with Gasteiger partial charge in [-0.25, -0.2) is 0 Å². The lowest BCUT2D eigenvalue weighted by molar-refractivity contribution is -0.378. The summed E-state index contributed by atoms with van der Waals surface area (Å²) in [6.07, 6.45) is -0.711. The van der Waals surface area contributed by atoms with Crippen molar-refractivity contribution >= 4 is 17.8 Å². The molecule has 1 rings (SSSR count). The second-order valence-electron chi connectivity index (χ2n) is 5.96. The Morgan fingerprint density at radius 1 is 1.12 bits per heavy atom. The number of hydrogen-bond donors (Lipinski definition) is 2. The van der Waals surface area contributed by atoms with E-state index in [2.05, 4.69) is 0 Å². The Bertz CT molecular complexity index is 469. The summed E-state index contributed by atoms with van der Waals surface area (Å²) in [6.45, 7) is 6.07. The van der Waals surface area contributed by atoms with E-state index in [0.717, 1.165) is 0 Å². The van der Waals surface area contributed by atoms with Crippen molar-refractivity contribution in [1.29, 1.82) is 0 Å². The minimum absolute atomic E-state index is 0.00256. The van der Waals surface area contributed by atoms with Crippen molar-refractivity contribution < 1.29 is 28.6 Å². The summed E-state index contributed by atoms with van der Waals surface area (Å²) >= 11 is 0. The Morgan fingerprint density at radius 2 is 1.72 bits per heavy atom. The van der Waals surface area contributed by atoms with E-state index < -0.39 is 24.1 Å². The first-order valence-corrected chi connectivity index (χ1v) is 8.20. The Kier molecular flexibility index (Phi) is 8.76. The van der Waals surface area contributed by atoms with Crippen molar-refractivity contribution in [2.45, 2.75) is 39.4 Å². The number of nitrogens with two attached hydrogens (primary N) is 2. The van der Waals surface area contributed by atoms with Crippen molar-refractivity contribution in [3.05, 3.63) is 0 Å². The third-order valence-electron chi connectivity index (χ3n) is 3.61. The molecule has 1 atom stereocenters. The highest BCUT2D eigenvalue weighted by atomic mass is 16.9. The van der Waals surface area contributed by atoms with Crippen LogP contribution in [0.2, 0.25) is 0 Å². The highest BCUT2D eigenvalue weighted by Crippen LogP contribution is 2.18. The Balaban J connectivity index is 2.66. The number of nitrogens with zero attached hydrogens (tertiary/aromatic N) is 2. The van der Waals surface area contributed by atoms with Crippen molar-refractivity contribution in [2.75, 3.05) is 39.3 Å². The number of hydrogen-bond acceptors (Lipinski definition) is 8. The number of primary amides is 2. The molecule has 1 fully saturated rings. The smallest absolute Gasteiger partial charge is 0.320 e. The fraction of sp³-hybridized carbons (Fsp3) is 0.800. The summed E-state index contributed by atoms with van der Waals surface area (Å²) in [6, 6.07) is -0.204. The average Bonchev–Trinajstić information content (AvgIpc) is 2.43. The van der Waals surface area contributed by atoms with Crippen LogP contribution in [0, 0.1) is 0 Å². The second-order valence-corrected chi connectivity index (χ2v) is 5.96. The van der Waals surface area contributed by atoms with E-state index in [-0.39, 0.29) is 38.6 Å². The van der Waals surface area contributed by atoms with Gasteiger partial charge in [-0.1, -0.05) is 0 Å². The lowest BCUT2D eigenvalue weighted by atomic mass is 10.2. The zero-order valence-electron chi connectivity index (χ0n) is 15.0. The predicted octanol–water partition coefficient (Wildman–Crippen LogP) is -1.77. The summed E-state index contributed by atoms with van der Waals surface area (Å²) in [5.74, 6) is -1.50. The van der Waals surface area contributed by atoms with Gasteiger partial charge in [0.25, 0.3) is 0 Å². The van der Waals surface area contributed by atoms with Gasteiger partial charge in [-0.15, -0.1) is 0 Å². The highest BCUT2D eigenvalue weighted by Gasteiger charge is 2.31. The van der Waals surface area contributed by atoms with Gasteiger partial charge in [0.1, 0.15) is 0 Å². The number of ether oxygens (including phenoxy) is 3. The van der Waals surface area contributed by atoms with Crippen LogP contribution in [0.25, 0.3) is 0 Å². The molecule has 0 bridgehead atoms. The Hall–Kier alpha value is -1.75. The van der Waals surface area contributed by atoms with Crippen LogP contribution in [0.4, 0.5) is 0 Å². The third-order valence-corrected chi connectivity index (χ3v) is 3.61. The van der Waals surface area contributed by atoms with Crippen LogP contribution < -0.4 is 11.5 Å². The maximum absolute atomic E-state index is 11.7. The molecule has 10 heteroatoms. The Morgan fingerprint density at radius 3 is 2.20 bits per heavy atom. The maximum Gasteiger partial charge on any atom is 0.320 e. The highest BCUT2D eigenvalue weighted by molar-refractivity contribution is 5.77. The molecule has 0 aromatic heterocycles. The van der Waals surface area contributed by atoms with Gasteiger partial charge in [-0.3, -0.25) is 24.2 Å². The van der Waals surface area contributed by atoms with Crippen LogP contribution in [0.15, 0.2) is 0 Å². The predicted molar refractivity (Wildman–Crippen MR) is 87.9 cm³/mol. The minimum Gasteiger partial charge on any atom is -0.465 e. The lowest BCUT2D eigenvalue weighted by Crippen LogP contribution is -2.54. The van der Waals surface area contributed by atoms with E-state index in [0.29, 0.717) is 13.1 Å². The number of amides is 2. The normalized spacial score (nSPS) is 21.0. The summed E-state index contributed by atoms with van der Waals surface area (Å²) in [5, 5.41) is 0. The molecule has 0 aliphatic carbocycles. The van der Waals surface area contributed by atoms with Gasteiger partial charge in [0.05, 0.1) is 32.8 Å². The second kappa shape index (κ2) is 10.3.